The topological polar surface area (TPSA) is 71.4 Å². The minimum Gasteiger partial charge on any atom is -0.497 e. The summed E-state index contributed by atoms with van der Waals surface area (Å²) in [5.74, 6) is 0.463. The minimum absolute atomic E-state index is 0.0718. The molecule has 2 aliphatic rings. The third kappa shape index (κ3) is 5.42. The van der Waals surface area contributed by atoms with E-state index < -0.39 is 0 Å². The molecule has 0 saturated carbocycles. The molecule has 0 aromatic heterocycles. The van der Waals surface area contributed by atoms with Gasteiger partial charge in [0.2, 0.25) is 0 Å². The Morgan fingerprint density at radius 1 is 1.09 bits per heavy atom. The molecular formula is C26H30ClN3O4. The summed E-state index contributed by atoms with van der Waals surface area (Å²) in [6.07, 6.45) is 1.97. The average molecular weight is 484 g/mol. The maximum Gasteiger partial charge on any atom is 0.309 e. The Hall–Kier alpha value is -2.90. The van der Waals surface area contributed by atoms with Gasteiger partial charge in [-0.05, 0) is 56.6 Å². The zero-order chi connectivity index (χ0) is 24.1. The Balaban J connectivity index is 1.50. The van der Waals surface area contributed by atoms with Crippen LogP contribution >= 0.6 is 11.6 Å². The smallest absolute Gasteiger partial charge is 0.309 e. The first-order valence-corrected chi connectivity index (χ1v) is 12.0. The van der Waals surface area contributed by atoms with Gasteiger partial charge in [0.15, 0.2) is 0 Å². The van der Waals surface area contributed by atoms with Gasteiger partial charge < -0.3 is 9.47 Å². The number of amides is 1. The van der Waals surface area contributed by atoms with Crippen LogP contribution in [0.25, 0.3) is 0 Å². The highest BCUT2D eigenvalue weighted by atomic mass is 35.5. The number of benzene rings is 2. The number of halogens is 1. The summed E-state index contributed by atoms with van der Waals surface area (Å²) in [4.78, 5) is 27.5. The van der Waals surface area contributed by atoms with Crippen LogP contribution in [0.4, 0.5) is 0 Å². The van der Waals surface area contributed by atoms with Crippen molar-refractivity contribution in [2.24, 2.45) is 11.0 Å². The lowest BCUT2D eigenvalue weighted by Gasteiger charge is -2.32. The first-order valence-electron chi connectivity index (χ1n) is 11.7. The first-order chi connectivity index (χ1) is 16.5. The van der Waals surface area contributed by atoms with Crippen molar-refractivity contribution in [1.29, 1.82) is 0 Å². The van der Waals surface area contributed by atoms with Gasteiger partial charge in [-0.2, -0.15) is 5.10 Å². The summed E-state index contributed by atoms with van der Waals surface area (Å²) < 4.78 is 10.4. The van der Waals surface area contributed by atoms with E-state index in [4.69, 9.17) is 26.2 Å². The molecule has 0 unspecified atom stereocenters. The number of hydrogen-bond acceptors (Lipinski definition) is 6. The Bertz CT molecular complexity index is 1050. The van der Waals surface area contributed by atoms with E-state index in [2.05, 4.69) is 4.90 Å². The number of carbonyl (C=O) groups excluding carboxylic acids is 2. The monoisotopic (exact) mass is 483 g/mol. The number of hydrazone groups is 1. The van der Waals surface area contributed by atoms with Gasteiger partial charge in [-0.3, -0.25) is 14.5 Å². The van der Waals surface area contributed by atoms with Crippen molar-refractivity contribution in [2.75, 3.05) is 33.4 Å². The minimum atomic E-state index is -0.221. The zero-order valence-corrected chi connectivity index (χ0v) is 20.3. The van der Waals surface area contributed by atoms with Gasteiger partial charge in [0.1, 0.15) is 5.75 Å². The number of rotatable bonds is 7. The number of esters is 1. The van der Waals surface area contributed by atoms with Crippen molar-refractivity contribution >= 4 is 29.2 Å². The van der Waals surface area contributed by atoms with Gasteiger partial charge in [0.25, 0.3) is 5.91 Å². The highest BCUT2D eigenvalue weighted by molar-refractivity contribution is 6.34. The predicted octanol–water partition coefficient (Wildman–Crippen LogP) is 4.30. The van der Waals surface area contributed by atoms with Gasteiger partial charge in [0, 0.05) is 17.0 Å². The van der Waals surface area contributed by atoms with Crippen molar-refractivity contribution in [3.63, 3.8) is 0 Å². The van der Waals surface area contributed by atoms with E-state index in [-0.39, 0.29) is 30.4 Å². The van der Waals surface area contributed by atoms with E-state index in [1.54, 1.807) is 12.1 Å². The van der Waals surface area contributed by atoms with E-state index in [1.165, 1.54) is 0 Å². The molecule has 1 atom stereocenters. The van der Waals surface area contributed by atoms with Crippen molar-refractivity contribution in [3.8, 4) is 5.75 Å². The fourth-order valence-electron chi connectivity index (χ4n) is 4.53. The molecule has 7 nitrogen and oxygen atoms in total. The molecule has 2 aromatic carbocycles. The lowest BCUT2D eigenvalue weighted by atomic mass is 9.97. The average Bonchev–Trinajstić information content (AvgIpc) is 3.30. The molecular weight excluding hydrogens is 454 g/mol. The van der Waals surface area contributed by atoms with Crippen molar-refractivity contribution < 1.29 is 19.1 Å². The molecule has 2 heterocycles. The van der Waals surface area contributed by atoms with Crippen LogP contribution in [0.15, 0.2) is 53.6 Å². The molecule has 1 amide bonds. The third-order valence-electron chi connectivity index (χ3n) is 6.42. The summed E-state index contributed by atoms with van der Waals surface area (Å²) in [6, 6.07) is 15.1. The number of likely N-dealkylation sites (tertiary alicyclic amines) is 1. The molecule has 180 valence electrons. The molecule has 0 N–H and O–H groups in total. The molecule has 0 spiro atoms. The predicted molar refractivity (Wildman–Crippen MR) is 131 cm³/mol. The Morgan fingerprint density at radius 2 is 1.79 bits per heavy atom. The molecule has 4 rings (SSSR count). The third-order valence-corrected chi connectivity index (χ3v) is 6.75. The molecule has 1 fully saturated rings. The normalized spacial score (nSPS) is 19.1. The fraction of sp³-hybridized carbons (Fsp3) is 0.423. The second-order valence-corrected chi connectivity index (χ2v) is 8.97. The molecule has 2 aliphatic heterocycles. The second kappa shape index (κ2) is 11.0. The standard InChI is InChI=1S/C26H30ClN3O4/c1-3-34-26(32)19-12-14-29(15-13-19)17-25(31)30-24(18-8-10-20(33-2)11-9-18)16-23(28-30)21-6-4-5-7-22(21)27/h4-11,19,24H,3,12-17H2,1-2H3/t24-/m1/s1. The Morgan fingerprint density at radius 3 is 2.44 bits per heavy atom. The summed E-state index contributed by atoms with van der Waals surface area (Å²) in [7, 11) is 1.63. The van der Waals surface area contributed by atoms with Crippen LogP contribution in [0.5, 0.6) is 5.75 Å². The van der Waals surface area contributed by atoms with Crippen LogP contribution in [-0.4, -0.2) is 60.8 Å². The molecule has 0 aliphatic carbocycles. The van der Waals surface area contributed by atoms with Gasteiger partial charge in [0.05, 0.1) is 37.9 Å². The molecule has 8 heteroatoms. The van der Waals surface area contributed by atoms with Crippen molar-refractivity contribution in [3.05, 3.63) is 64.7 Å². The van der Waals surface area contributed by atoms with Crippen LogP contribution in [0.1, 0.15) is 43.4 Å². The lowest BCUT2D eigenvalue weighted by molar-refractivity contribution is -0.149. The van der Waals surface area contributed by atoms with Crippen molar-refractivity contribution in [1.82, 2.24) is 9.91 Å². The van der Waals surface area contributed by atoms with E-state index in [1.807, 2.05) is 55.5 Å². The van der Waals surface area contributed by atoms with Gasteiger partial charge in [-0.25, -0.2) is 5.01 Å². The number of carbonyl (C=O) groups is 2. The number of methoxy groups -OCH3 is 1. The highest BCUT2D eigenvalue weighted by Gasteiger charge is 2.35. The number of nitrogens with zero attached hydrogens (tertiary/aromatic N) is 3. The second-order valence-electron chi connectivity index (χ2n) is 8.56. The quantitative estimate of drug-likeness (QED) is 0.549. The van der Waals surface area contributed by atoms with Crippen LogP contribution in [0, 0.1) is 5.92 Å². The van der Waals surface area contributed by atoms with Crippen molar-refractivity contribution in [2.45, 2.75) is 32.2 Å². The van der Waals surface area contributed by atoms with Crippen LogP contribution in [0.2, 0.25) is 5.02 Å². The molecule has 0 bridgehead atoms. The fourth-order valence-corrected chi connectivity index (χ4v) is 4.78. The molecule has 0 radical (unpaired) electrons. The largest absolute Gasteiger partial charge is 0.497 e. The van der Waals surface area contributed by atoms with Crippen LogP contribution in [-0.2, 0) is 14.3 Å². The number of ether oxygens (including phenoxy) is 2. The summed E-state index contributed by atoms with van der Waals surface area (Å²) >= 11 is 6.44. The molecule has 1 saturated heterocycles. The highest BCUT2D eigenvalue weighted by Crippen LogP contribution is 2.35. The maximum absolute atomic E-state index is 13.4. The SMILES string of the molecule is CCOC(=O)C1CCN(CC(=O)N2N=C(c3ccccc3Cl)C[C@@H]2c2ccc(OC)cc2)CC1. The van der Waals surface area contributed by atoms with Crippen LogP contribution in [0.3, 0.4) is 0 Å². The summed E-state index contributed by atoms with van der Waals surface area (Å²) in [6.45, 7) is 3.82. The maximum atomic E-state index is 13.4. The molecule has 34 heavy (non-hydrogen) atoms. The zero-order valence-electron chi connectivity index (χ0n) is 19.6. The Labute approximate surface area is 205 Å². The Kier molecular flexibility index (Phi) is 7.85. The summed E-state index contributed by atoms with van der Waals surface area (Å²) in [5.41, 5.74) is 2.62. The van der Waals surface area contributed by atoms with Gasteiger partial charge in [-0.1, -0.05) is 41.9 Å². The van der Waals surface area contributed by atoms with Crippen LogP contribution < -0.4 is 4.74 Å². The summed E-state index contributed by atoms with van der Waals surface area (Å²) in [5, 5.41) is 6.95. The first kappa shape index (κ1) is 24.2. The van der Waals surface area contributed by atoms with Gasteiger partial charge >= 0.3 is 5.97 Å². The number of piperidine rings is 1. The molecule has 2 aromatic rings. The van der Waals surface area contributed by atoms with Gasteiger partial charge in [-0.15, -0.1) is 0 Å². The number of hydrogen-bond donors (Lipinski definition) is 0. The van der Waals surface area contributed by atoms with E-state index >= 15 is 0 Å². The lowest BCUT2D eigenvalue weighted by Crippen LogP contribution is -2.43. The van der Waals surface area contributed by atoms with E-state index in [9.17, 15) is 9.59 Å². The van der Waals surface area contributed by atoms with E-state index in [0.29, 0.717) is 44.0 Å². The van der Waals surface area contributed by atoms with E-state index in [0.717, 1.165) is 22.6 Å².